The average Bonchev–Trinajstić information content (AvgIpc) is 3.27. The number of rotatable bonds is 4. The summed E-state index contributed by atoms with van der Waals surface area (Å²) in [6.07, 6.45) is 9.71. The van der Waals surface area contributed by atoms with Crippen LogP contribution in [-0.4, -0.2) is 74.1 Å². The molecule has 0 bridgehead atoms. The molecule has 1 amide bonds. The van der Waals surface area contributed by atoms with Gasteiger partial charge < -0.3 is 14.7 Å². The first-order chi connectivity index (χ1) is 17.6. The van der Waals surface area contributed by atoms with Gasteiger partial charge in [-0.1, -0.05) is 0 Å². The third-order valence-electron chi connectivity index (χ3n) is 6.96. The summed E-state index contributed by atoms with van der Waals surface area (Å²) in [5, 5.41) is 10.3. The Kier molecular flexibility index (Phi) is 5.45. The smallest absolute Gasteiger partial charge is 0.255 e. The summed E-state index contributed by atoms with van der Waals surface area (Å²) in [4.78, 5) is 37.5. The predicted octanol–water partition coefficient (Wildman–Crippen LogP) is 2.64. The molecule has 2 saturated heterocycles. The molecule has 4 aromatic heterocycles. The number of carbonyl (C=O) groups excluding carboxylic acids is 1. The topological polar surface area (TPSA) is 107 Å². The van der Waals surface area contributed by atoms with E-state index in [1.54, 1.807) is 49.2 Å². The monoisotopic (exact) mass is 479 g/mol. The van der Waals surface area contributed by atoms with Crippen LogP contribution in [0.2, 0.25) is 0 Å². The van der Waals surface area contributed by atoms with Crippen molar-refractivity contribution in [3.8, 4) is 11.9 Å². The number of anilines is 2. The molecule has 2 fully saturated rings. The zero-order valence-corrected chi connectivity index (χ0v) is 19.9. The Morgan fingerprint density at radius 2 is 1.97 bits per heavy atom. The van der Waals surface area contributed by atoms with Crippen molar-refractivity contribution < 1.29 is 4.79 Å². The van der Waals surface area contributed by atoms with E-state index in [9.17, 15) is 10.1 Å². The van der Waals surface area contributed by atoms with Gasteiger partial charge in [-0.25, -0.2) is 15.0 Å². The lowest BCUT2D eigenvalue weighted by atomic mass is 10.1. The average molecular weight is 480 g/mol. The minimum atomic E-state index is -0.000968. The second kappa shape index (κ2) is 8.92. The van der Waals surface area contributed by atoms with Crippen LogP contribution in [0.25, 0.3) is 16.9 Å². The number of piperazine rings is 1. The highest BCUT2D eigenvalue weighted by atomic mass is 16.2. The highest BCUT2D eigenvalue weighted by Gasteiger charge is 2.32. The molecule has 0 aliphatic carbocycles. The van der Waals surface area contributed by atoms with Crippen molar-refractivity contribution >= 4 is 28.4 Å². The van der Waals surface area contributed by atoms with Crippen LogP contribution < -0.4 is 9.80 Å². The summed E-state index contributed by atoms with van der Waals surface area (Å²) >= 11 is 0. The molecule has 6 heterocycles. The number of nitriles is 1. The molecule has 6 rings (SSSR count). The fraction of sp³-hybridized carbons (Fsp3) is 0.308. The molecule has 0 saturated carbocycles. The van der Waals surface area contributed by atoms with Gasteiger partial charge in [-0.3, -0.25) is 14.3 Å². The summed E-state index contributed by atoms with van der Waals surface area (Å²) in [5.74, 6) is 1.51. The summed E-state index contributed by atoms with van der Waals surface area (Å²) in [7, 11) is 0. The molecule has 0 N–H and O–H groups in total. The summed E-state index contributed by atoms with van der Waals surface area (Å²) in [6.45, 7) is 5.93. The maximum absolute atomic E-state index is 13.1. The predicted molar refractivity (Wildman–Crippen MR) is 135 cm³/mol. The van der Waals surface area contributed by atoms with Gasteiger partial charge in [0.2, 0.25) is 0 Å². The Bertz CT molecular complexity index is 1470. The lowest BCUT2D eigenvalue weighted by molar-refractivity contribution is 0.0673. The molecular formula is C26H25N9O. The van der Waals surface area contributed by atoms with Crippen molar-refractivity contribution in [2.45, 2.75) is 19.4 Å². The van der Waals surface area contributed by atoms with Crippen LogP contribution in [0.4, 0.5) is 11.5 Å². The van der Waals surface area contributed by atoms with E-state index < -0.39 is 0 Å². The molecule has 0 radical (unpaired) electrons. The van der Waals surface area contributed by atoms with E-state index in [1.807, 2.05) is 9.47 Å². The Labute approximate surface area is 208 Å². The van der Waals surface area contributed by atoms with Gasteiger partial charge in [0, 0.05) is 63.6 Å². The van der Waals surface area contributed by atoms with E-state index in [0.29, 0.717) is 36.6 Å². The Morgan fingerprint density at radius 1 is 1.08 bits per heavy atom. The number of nitrogens with zero attached hydrogens (tertiary/aromatic N) is 9. The number of hydrogen-bond donors (Lipinski definition) is 0. The Hall–Kier alpha value is -4.52. The molecule has 1 atom stereocenters. The van der Waals surface area contributed by atoms with Crippen LogP contribution in [0, 0.1) is 11.3 Å². The van der Waals surface area contributed by atoms with Crippen molar-refractivity contribution in [3.63, 3.8) is 0 Å². The lowest BCUT2D eigenvalue weighted by Gasteiger charge is -2.41. The fourth-order valence-electron chi connectivity index (χ4n) is 4.96. The van der Waals surface area contributed by atoms with Gasteiger partial charge in [0.15, 0.2) is 5.65 Å². The Morgan fingerprint density at radius 3 is 2.69 bits per heavy atom. The zero-order valence-electron chi connectivity index (χ0n) is 19.9. The van der Waals surface area contributed by atoms with Crippen LogP contribution in [0.15, 0.2) is 55.4 Å². The summed E-state index contributed by atoms with van der Waals surface area (Å²) in [5.41, 5.74) is 2.97. The minimum absolute atomic E-state index is 0.00000664. The number of fused-ring (bicyclic) bond motifs is 1. The second-order valence-corrected chi connectivity index (χ2v) is 9.17. The van der Waals surface area contributed by atoms with E-state index in [0.717, 1.165) is 42.0 Å². The minimum Gasteiger partial charge on any atom is -0.369 e. The highest BCUT2D eigenvalue weighted by molar-refractivity contribution is 6.01. The molecule has 0 spiro atoms. The third-order valence-corrected chi connectivity index (χ3v) is 6.96. The largest absolute Gasteiger partial charge is 0.369 e. The molecule has 4 aromatic rings. The normalized spacial score (nSPS) is 17.7. The second-order valence-electron chi connectivity index (χ2n) is 9.17. The number of amides is 1. The van der Waals surface area contributed by atoms with Gasteiger partial charge in [0.05, 0.1) is 28.3 Å². The molecule has 0 unspecified atom stereocenters. The van der Waals surface area contributed by atoms with Crippen LogP contribution in [0.5, 0.6) is 0 Å². The first-order valence-corrected chi connectivity index (χ1v) is 12.1. The van der Waals surface area contributed by atoms with Gasteiger partial charge in [0.25, 0.3) is 5.91 Å². The number of pyridine rings is 2. The van der Waals surface area contributed by atoms with E-state index >= 15 is 0 Å². The number of aromatic nitrogens is 5. The quantitative estimate of drug-likeness (QED) is 0.440. The molecule has 10 heteroatoms. The first-order valence-electron chi connectivity index (χ1n) is 12.1. The SMILES string of the molecule is C[C@@H]1CN(c2ncnc3c2c(N2CCC2)cn3-c2cc(C#N)ccn2)CCN1C(=O)c1cccnc1. The number of hydrogen-bond acceptors (Lipinski definition) is 8. The van der Waals surface area contributed by atoms with Gasteiger partial charge in [0.1, 0.15) is 18.0 Å². The van der Waals surface area contributed by atoms with E-state index in [2.05, 4.69) is 43.9 Å². The highest BCUT2D eigenvalue weighted by Crippen LogP contribution is 2.38. The van der Waals surface area contributed by atoms with Gasteiger partial charge in [-0.15, -0.1) is 0 Å². The molecular weight excluding hydrogens is 454 g/mol. The summed E-state index contributed by atoms with van der Waals surface area (Å²) < 4.78 is 1.95. The molecule has 0 aromatic carbocycles. The molecule has 2 aliphatic rings. The third kappa shape index (κ3) is 3.69. The number of carbonyl (C=O) groups is 1. The Balaban J connectivity index is 1.37. The van der Waals surface area contributed by atoms with Crippen molar-refractivity contribution in [2.75, 3.05) is 42.5 Å². The van der Waals surface area contributed by atoms with E-state index in [-0.39, 0.29) is 11.9 Å². The fourth-order valence-corrected chi connectivity index (χ4v) is 4.96. The molecule has 180 valence electrons. The van der Waals surface area contributed by atoms with Gasteiger partial charge in [-0.05, 0) is 37.6 Å². The van der Waals surface area contributed by atoms with Crippen LogP contribution in [-0.2, 0) is 0 Å². The molecule has 10 nitrogen and oxygen atoms in total. The standard InChI is InChI=1S/C26H25N9O/c1-18-15-33(10-11-34(18)26(36)20-4-2-6-28-14-20)24-23-21(32-8-3-9-32)16-35(25(23)31-17-30-24)22-12-19(13-27)5-7-29-22/h2,4-7,12,14,16-18H,3,8-11,15H2,1H3/t18-/m1/s1. The van der Waals surface area contributed by atoms with Crippen LogP contribution >= 0.6 is 0 Å². The van der Waals surface area contributed by atoms with E-state index in [4.69, 9.17) is 4.98 Å². The van der Waals surface area contributed by atoms with Crippen LogP contribution in [0.3, 0.4) is 0 Å². The maximum Gasteiger partial charge on any atom is 0.255 e. The van der Waals surface area contributed by atoms with Crippen molar-refractivity contribution in [2.24, 2.45) is 0 Å². The zero-order chi connectivity index (χ0) is 24.6. The van der Waals surface area contributed by atoms with Crippen molar-refractivity contribution in [3.05, 3.63) is 66.5 Å². The van der Waals surface area contributed by atoms with Crippen LogP contribution in [0.1, 0.15) is 29.3 Å². The van der Waals surface area contributed by atoms with Crippen molar-refractivity contribution in [1.29, 1.82) is 5.26 Å². The molecule has 36 heavy (non-hydrogen) atoms. The van der Waals surface area contributed by atoms with Gasteiger partial charge in [-0.2, -0.15) is 5.26 Å². The summed E-state index contributed by atoms with van der Waals surface area (Å²) in [6, 6.07) is 9.25. The molecule has 2 aliphatic heterocycles. The maximum atomic E-state index is 13.1. The first kappa shape index (κ1) is 22.0. The van der Waals surface area contributed by atoms with Crippen molar-refractivity contribution in [1.82, 2.24) is 29.4 Å². The lowest BCUT2D eigenvalue weighted by Crippen LogP contribution is -2.54. The van der Waals surface area contributed by atoms with Gasteiger partial charge >= 0.3 is 0 Å². The van der Waals surface area contributed by atoms with E-state index in [1.165, 1.54) is 0 Å².